The summed E-state index contributed by atoms with van der Waals surface area (Å²) in [5.41, 5.74) is 8.61. The van der Waals surface area contributed by atoms with Gasteiger partial charge in [-0.05, 0) is 25.0 Å². The van der Waals surface area contributed by atoms with Gasteiger partial charge in [-0.3, -0.25) is 19.1 Å². The summed E-state index contributed by atoms with van der Waals surface area (Å²) >= 11 is 6.70. The van der Waals surface area contributed by atoms with Crippen LogP contribution in [0.4, 0.5) is 5.95 Å². The molecule has 0 unspecified atom stereocenters. The first-order chi connectivity index (χ1) is 15.9. The van der Waals surface area contributed by atoms with Gasteiger partial charge < -0.3 is 15.4 Å². The fraction of sp³-hybridized carbons (Fsp3) is 0.455. The number of fused-ring (bicyclic) bond motifs is 2. The van der Waals surface area contributed by atoms with Crippen LogP contribution in [0.1, 0.15) is 12.8 Å². The largest absolute Gasteiger partial charge is 0.379 e. The first-order valence-corrected chi connectivity index (χ1v) is 11.4. The molecule has 6 rings (SSSR count). The molecule has 4 aromatic rings. The predicted octanol–water partition coefficient (Wildman–Crippen LogP) is 1.81. The summed E-state index contributed by atoms with van der Waals surface area (Å²) in [6.07, 6.45) is 3.68. The van der Waals surface area contributed by atoms with Gasteiger partial charge in [0, 0.05) is 55.8 Å². The summed E-state index contributed by atoms with van der Waals surface area (Å²) in [5, 5.41) is 13.5. The smallest absolute Gasteiger partial charge is 0.266 e. The number of piperidine rings is 1. The monoisotopic (exact) mass is 468 g/mol. The third kappa shape index (κ3) is 3.01. The molecule has 10 nitrogen and oxygen atoms in total. The van der Waals surface area contributed by atoms with E-state index < -0.39 is 0 Å². The highest BCUT2D eigenvalue weighted by atomic mass is 35.5. The lowest BCUT2D eigenvalue weighted by Crippen LogP contribution is -2.50. The molecule has 3 N–H and O–H groups in total. The molecule has 0 aliphatic carbocycles. The van der Waals surface area contributed by atoms with Gasteiger partial charge in [0.2, 0.25) is 5.95 Å². The van der Waals surface area contributed by atoms with Crippen LogP contribution < -0.4 is 16.2 Å². The van der Waals surface area contributed by atoms with Crippen LogP contribution in [-0.4, -0.2) is 61.9 Å². The molecule has 2 aliphatic rings. The molecule has 1 spiro atoms. The second-order valence-electron chi connectivity index (χ2n) is 9.21. The highest BCUT2D eigenvalue weighted by molar-refractivity contribution is 6.38. The second kappa shape index (κ2) is 7.28. The van der Waals surface area contributed by atoms with Gasteiger partial charge in [-0.25, -0.2) is 0 Å². The lowest BCUT2D eigenvalue weighted by Gasteiger charge is -2.41. The zero-order chi connectivity index (χ0) is 22.9. The van der Waals surface area contributed by atoms with Gasteiger partial charge in [-0.15, -0.1) is 0 Å². The Morgan fingerprint density at radius 2 is 2.06 bits per heavy atom. The molecule has 33 heavy (non-hydrogen) atoms. The molecule has 2 saturated heterocycles. The van der Waals surface area contributed by atoms with Crippen molar-refractivity contribution in [3.63, 3.8) is 0 Å². The maximum atomic E-state index is 13.5. The zero-order valence-corrected chi connectivity index (χ0v) is 19.3. The Bertz CT molecular complexity index is 1450. The first-order valence-electron chi connectivity index (χ1n) is 11.0. The van der Waals surface area contributed by atoms with Crippen molar-refractivity contribution >= 4 is 39.5 Å². The molecule has 0 radical (unpaired) electrons. The van der Waals surface area contributed by atoms with Crippen molar-refractivity contribution in [2.45, 2.75) is 18.9 Å². The normalized spacial score (nSPS) is 20.5. The van der Waals surface area contributed by atoms with Crippen molar-refractivity contribution in [3.8, 4) is 11.3 Å². The van der Waals surface area contributed by atoms with Crippen LogP contribution in [-0.2, 0) is 18.8 Å². The van der Waals surface area contributed by atoms with Crippen LogP contribution in [0.25, 0.3) is 33.2 Å². The van der Waals surface area contributed by atoms with E-state index >= 15 is 0 Å². The molecule has 1 atom stereocenters. The summed E-state index contributed by atoms with van der Waals surface area (Å²) in [7, 11) is 3.60. The van der Waals surface area contributed by atoms with Gasteiger partial charge in [0.25, 0.3) is 5.56 Å². The van der Waals surface area contributed by atoms with Gasteiger partial charge in [0.1, 0.15) is 5.39 Å². The number of nitrogens with one attached hydrogen (secondary N) is 1. The van der Waals surface area contributed by atoms with E-state index in [2.05, 4.69) is 20.2 Å². The highest BCUT2D eigenvalue weighted by Gasteiger charge is 2.44. The van der Waals surface area contributed by atoms with Crippen LogP contribution in [0.2, 0.25) is 5.02 Å². The SMILES string of the molecule is Cn1cc2c(Cl)c(-c3[nH]nc4nc(N5CCC6(CC5)COC[C@H]6N)n(C)c(=O)c34)ccc2n1. The number of nitrogens with two attached hydrogens (primary N) is 1. The minimum absolute atomic E-state index is 0.0284. The van der Waals surface area contributed by atoms with Crippen LogP contribution in [0, 0.1) is 5.41 Å². The maximum absolute atomic E-state index is 13.5. The van der Waals surface area contributed by atoms with Gasteiger partial charge in [0.15, 0.2) is 5.65 Å². The average molecular weight is 469 g/mol. The van der Waals surface area contributed by atoms with E-state index in [1.165, 1.54) is 0 Å². The summed E-state index contributed by atoms with van der Waals surface area (Å²) < 4.78 is 8.94. The number of aromatic nitrogens is 6. The van der Waals surface area contributed by atoms with E-state index in [-0.39, 0.29) is 17.0 Å². The number of hydrogen-bond donors (Lipinski definition) is 2. The fourth-order valence-electron chi connectivity index (χ4n) is 5.23. The molecule has 2 fully saturated rings. The Balaban J connectivity index is 1.40. The Hall–Kier alpha value is -2.95. The average Bonchev–Trinajstić information content (AvgIpc) is 3.49. The summed E-state index contributed by atoms with van der Waals surface area (Å²) in [6, 6.07) is 3.81. The molecule has 1 aromatic carbocycles. The van der Waals surface area contributed by atoms with Gasteiger partial charge in [-0.2, -0.15) is 15.2 Å². The van der Waals surface area contributed by atoms with Gasteiger partial charge in [0.05, 0.1) is 29.4 Å². The molecule has 11 heteroatoms. The molecular formula is C22H25ClN8O2. The number of aryl methyl sites for hydroxylation is 1. The summed E-state index contributed by atoms with van der Waals surface area (Å²) in [4.78, 5) is 20.4. The highest BCUT2D eigenvalue weighted by Crippen LogP contribution is 2.40. The number of aromatic amines is 1. The molecule has 2 aliphatic heterocycles. The Kier molecular flexibility index (Phi) is 4.55. The molecule has 0 amide bonds. The van der Waals surface area contributed by atoms with Gasteiger partial charge in [-0.1, -0.05) is 11.6 Å². The topological polar surface area (TPSA) is 120 Å². The number of H-pyrrole nitrogens is 1. The standard InChI is InChI=1S/C22H25ClN8O2/c1-29-9-13-14(28-29)4-3-12(17(13)23)18-16-19(27-26-18)25-21(30(2)20(16)32)31-7-5-22(6-8-31)11-33-10-15(22)24/h3-4,9,15H,5-8,10-11,24H2,1-2H3,(H,26,27)/t15-/m1/s1. The van der Waals surface area contributed by atoms with Crippen molar-refractivity contribution in [2.24, 2.45) is 25.2 Å². The first kappa shape index (κ1) is 20.6. The summed E-state index contributed by atoms with van der Waals surface area (Å²) in [5.74, 6) is 0.613. The number of hydrogen-bond acceptors (Lipinski definition) is 7. The van der Waals surface area contributed by atoms with E-state index in [0.717, 1.165) is 36.8 Å². The van der Waals surface area contributed by atoms with Crippen molar-refractivity contribution in [2.75, 3.05) is 31.2 Å². The van der Waals surface area contributed by atoms with Crippen LogP contribution in [0.3, 0.4) is 0 Å². The van der Waals surface area contributed by atoms with Crippen molar-refractivity contribution in [1.82, 2.24) is 29.5 Å². The van der Waals surface area contributed by atoms with Crippen molar-refractivity contribution in [3.05, 3.63) is 33.7 Å². The molecule has 3 aromatic heterocycles. The molecular weight excluding hydrogens is 444 g/mol. The number of anilines is 1. The Morgan fingerprint density at radius 3 is 2.79 bits per heavy atom. The van der Waals surface area contributed by atoms with E-state index in [1.807, 2.05) is 25.4 Å². The predicted molar refractivity (Wildman–Crippen MR) is 127 cm³/mol. The number of benzene rings is 1. The van der Waals surface area contributed by atoms with Crippen LogP contribution >= 0.6 is 11.6 Å². The lowest BCUT2D eigenvalue weighted by molar-refractivity contribution is 0.131. The van der Waals surface area contributed by atoms with Crippen LogP contribution in [0.15, 0.2) is 23.1 Å². The van der Waals surface area contributed by atoms with E-state index in [0.29, 0.717) is 46.5 Å². The van der Waals surface area contributed by atoms with E-state index in [9.17, 15) is 4.79 Å². The minimum atomic E-state index is -0.165. The van der Waals surface area contributed by atoms with Crippen molar-refractivity contribution < 1.29 is 4.74 Å². The summed E-state index contributed by atoms with van der Waals surface area (Å²) in [6.45, 7) is 2.86. The molecule has 0 bridgehead atoms. The number of halogens is 1. The molecule has 0 saturated carbocycles. The van der Waals surface area contributed by atoms with Crippen LogP contribution in [0.5, 0.6) is 0 Å². The number of ether oxygens (including phenoxy) is 1. The Labute approximate surface area is 194 Å². The third-order valence-electron chi connectivity index (χ3n) is 7.29. The Morgan fingerprint density at radius 1 is 1.27 bits per heavy atom. The van der Waals surface area contributed by atoms with E-state index in [1.54, 1.807) is 16.3 Å². The van der Waals surface area contributed by atoms with Crippen molar-refractivity contribution in [1.29, 1.82) is 0 Å². The number of nitrogens with zero attached hydrogens (tertiary/aromatic N) is 6. The lowest BCUT2D eigenvalue weighted by atomic mass is 9.75. The second-order valence-corrected chi connectivity index (χ2v) is 9.58. The molecule has 5 heterocycles. The van der Waals surface area contributed by atoms with Gasteiger partial charge >= 0.3 is 0 Å². The zero-order valence-electron chi connectivity index (χ0n) is 18.5. The third-order valence-corrected chi connectivity index (χ3v) is 7.70. The number of rotatable bonds is 2. The minimum Gasteiger partial charge on any atom is -0.379 e. The molecule has 172 valence electrons. The fourth-order valence-corrected chi connectivity index (χ4v) is 5.54. The van der Waals surface area contributed by atoms with E-state index in [4.69, 9.17) is 27.1 Å². The maximum Gasteiger partial charge on any atom is 0.266 e. The quantitative estimate of drug-likeness (QED) is 0.460.